The number of quaternary nitrogens is 1. The van der Waals surface area contributed by atoms with Crippen LogP contribution in [-0.2, 0) is 33.3 Å². The zero-order chi connectivity index (χ0) is 64.7. The van der Waals surface area contributed by atoms with E-state index < -0.39 is 24.3 Å². The molecular weight excluding hydrogens is 1100 g/mol. The van der Waals surface area contributed by atoms with Gasteiger partial charge in [-0.05, 0) is 89.9 Å². The van der Waals surface area contributed by atoms with Crippen molar-refractivity contribution in [2.75, 3.05) is 47.5 Å². The predicted molar refractivity (Wildman–Crippen MR) is 380 cm³/mol. The first-order valence-corrected chi connectivity index (χ1v) is 36.7. The Balaban J connectivity index is 4.18. The van der Waals surface area contributed by atoms with Gasteiger partial charge < -0.3 is 33.3 Å². The molecule has 89 heavy (non-hydrogen) atoms. The monoisotopic (exact) mass is 1240 g/mol. The highest BCUT2D eigenvalue weighted by Gasteiger charge is 2.22. The normalized spacial score (nSPS) is 13.4. The SMILES string of the molecule is CC/C=C\C/C=C\C/C=C\C/C=C\C/C=C\C/C=C\C/C=C\C/C=C\C/C=C\C/C=C\CCCCCCC(=O)OC(COC(=O)CCCCCCCCCCCCCCCCCCCCCCCCCCCCCCC)COC(OCC[N+](C)(C)C)C(=O)[O-]. The number of rotatable bonds is 67. The second-order valence-electron chi connectivity index (χ2n) is 25.5. The average molecular weight is 1240 g/mol. The molecule has 2 atom stereocenters. The van der Waals surface area contributed by atoms with Crippen molar-refractivity contribution in [3.63, 3.8) is 0 Å². The Morgan fingerprint density at radius 3 is 0.955 bits per heavy atom. The van der Waals surface area contributed by atoms with Gasteiger partial charge in [-0.2, -0.15) is 0 Å². The van der Waals surface area contributed by atoms with Gasteiger partial charge in [0.15, 0.2) is 12.4 Å². The number of aliphatic carboxylic acids is 1. The molecule has 0 saturated heterocycles. The second-order valence-corrected chi connectivity index (χ2v) is 25.5. The van der Waals surface area contributed by atoms with Crippen LogP contribution in [-0.4, -0.2) is 82.3 Å². The van der Waals surface area contributed by atoms with Crippen molar-refractivity contribution in [3.8, 4) is 0 Å². The van der Waals surface area contributed by atoms with E-state index in [9.17, 15) is 19.5 Å². The first-order valence-electron chi connectivity index (χ1n) is 36.7. The number of esters is 2. The lowest BCUT2D eigenvalue weighted by Crippen LogP contribution is -2.44. The van der Waals surface area contributed by atoms with E-state index in [1.807, 2.05) is 21.1 Å². The summed E-state index contributed by atoms with van der Waals surface area (Å²) in [7, 11) is 5.92. The van der Waals surface area contributed by atoms with Gasteiger partial charge in [0.1, 0.15) is 13.2 Å². The minimum atomic E-state index is -1.64. The van der Waals surface area contributed by atoms with Gasteiger partial charge in [0, 0.05) is 12.8 Å². The Morgan fingerprint density at radius 1 is 0.348 bits per heavy atom. The highest BCUT2D eigenvalue weighted by Crippen LogP contribution is 2.18. The molecule has 0 spiro atoms. The van der Waals surface area contributed by atoms with Crippen molar-refractivity contribution < 1.29 is 42.9 Å². The topological polar surface area (TPSA) is 111 Å². The fraction of sp³-hybridized carbons (Fsp3) is 0.713. The summed E-state index contributed by atoms with van der Waals surface area (Å²) < 4.78 is 22.8. The number of ether oxygens (including phenoxy) is 4. The Bertz CT molecular complexity index is 1880. The van der Waals surface area contributed by atoms with Gasteiger partial charge in [-0.3, -0.25) is 9.59 Å². The number of likely N-dealkylation sites (N-methyl/N-ethyl adjacent to an activating group) is 1. The summed E-state index contributed by atoms with van der Waals surface area (Å²) in [5.74, 6) is -2.31. The molecular formula is C80H137NO8. The molecule has 0 radical (unpaired) electrons. The number of hydrogen-bond donors (Lipinski definition) is 0. The van der Waals surface area contributed by atoms with Crippen molar-refractivity contribution in [2.45, 2.75) is 322 Å². The van der Waals surface area contributed by atoms with Crippen LogP contribution in [0.15, 0.2) is 122 Å². The number of unbranched alkanes of at least 4 members (excludes halogenated alkanes) is 32. The highest BCUT2D eigenvalue weighted by atomic mass is 16.7. The molecule has 510 valence electrons. The first-order chi connectivity index (χ1) is 43.6. The number of hydrogen-bond acceptors (Lipinski definition) is 8. The van der Waals surface area contributed by atoms with Crippen LogP contribution in [0.2, 0.25) is 0 Å². The molecule has 0 aliphatic heterocycles. The van der Waals surface area contributed by atoms with Crippen molar-refractivity contribution in [2.24, 2.45) is 0 Å². The summed E-state index contributed by atoms with van der Waals surface area (Å²) in [5, 5.41) is 11.8. The summed E-state index contributed by atoms with van der Waals surface area (Å²) in [4.78, 5) is 37.5. The summed E-state index contributed by atoms with van der Waals surface area (Å²) in [6.07, 6.45) is 95.8. The highest BCUT2D eigenvalue weighted by molar-refractivity contribution is 5.70. The molecule has 0 aliphatic rings. The van der Waals surface area contributed by atoms with Gasteiger partial charge >= 0.3 is 11.9 Å². The molecule has 2 unspecified atom stereocenters. The van der Waals surface area contributed by atoms with Gasteiger partial charge in [-0.1, -0.05) is 328 Å². The molecule has 0 aliphatic carbocycles. The maximum atomic E-state index is 12.9. The van der Waals surface area contributed by atoms with Gasteiger partial charge in [0.2, 0.25) is 0 Å². The summed E-state index contributed by atoms with van der Waals surface area (Å²) >= 11 is 0. The Labute approximate surface area is 548 Å². The van der Waals surface area contributed by atoms with E-state index in [0.717, 1.165) is 109 Å². The molecule has 0 amide bonds. The fourth-order valence-electron chi connectivity index (χ4n) is 10.2. The van der Waals surface area contributed by atoms with Crippen LogP contribution in [0.4, 0.5) is 0 Å². The van der Waals surface area contributed by atoms with Gasteiger partial charge in [0.25, 0.3) is 0 Å². The lowest BCUT2D eigenvalue weighted by Gasteiger charge is -2.26. The van der Waals surface area contributed by atoms with Gasteiger partial charge in [-0.15, -0.1) is 0 Å². The molecule has 0 N–H and O–H groups in total. The molecule has 9 heteroatoms. The molecule has 0 aromatic rings. The van der Waals surface area contributed by atoms with E-state index >= 15 is 0 Å². The van der Waals surface area contributed by atoms with Crippen LogP contribution in [0.3, 0.4) is 0 Å². The standard InChI is InChI=1S/C80H137NO8/c1-6-8-10-12-14-16-18-20-22-24-26-28-30-32-34-36-37-38-39-40-41-43-45-47-49-51-53-55-57-59-61-63-65-67-69-71-78(83)89-76(75-88-80(79(84)85)86-73-72-81(3,4)5)74-87-77(82)70-68-66-64-62-60-58-56-54-52-50-48-46-44-42-35-33-31-29-27-25-23-21-19-17-15-13-11-9-7-2/h8,10,14,16,20,22,26,28,32,34,37-38,40-41,45,47,51,53,57,59,76,80H,6-7,9,11-13,15,17-19,21,23-25,27,29-31,33,35-36,39,42-44,46,48-50,52,54-56,58,60-75H2,1-5H3/b10-8-,16-14-,22-20-,28-26-,34-32-,38-37-,41-40-,47-45-,53-51-,59-57-. The van der Waals surface area contributed by atoms with E-state index in [2.05, 4.69) is 135 Å². The van der Waals surface area contributed by atoms with Crippen molar-refractivity contribution in [1.29, 1.82) is 0 Å². The summed E-state index contributed by atoms with van der Waals surface area (Å²) in [6.45, 7) is 4.63. The average Bonchev–Trinajstić information content (AvgIpc) is 3.64. The predicted octanol–water partition coefficient (Wildman–Crippen LogP) is 21.8. The Hall–Kier alpha value is -4.31. The van der Waals surface area contributed by atoms with Crippen LogP contribution < -0.4 is 5.11 Å². The van der Waals surface area contributed by atoms with Crippen LogP contribution >= 0.6 is 0 Å². The maximum absolute atomic E-state index is 12.9. The quantitative estimate of drug-likeness (QED) is 0.0195. The molecule has 0 aromatic carbocycles. The third kappa shape index (κ3) is 71.0. The third-order valence-corrected chi connectivity index (χ3v) is 15.7. The van der Waals surface area contributed by atoms with Crippen LogP contribution in [0, 0.1) is 0 Å². The van der Waals surface area contributed by atoms with Gasteiger partial charge in [0.05, 0.1) is 40.3 Å². The van der Waals surface area contributed by atoms with Crippen LogP contribution in [0.1, 0.15) is 309 Å². The maximum Gasteiger partial charge on any atom is 0.306 e. The lowest BCUT2D eigenvalue weighted by atomic mass is 10.0. The molecule has 0 fully saturated rings. The number of nitrogens with zero attached hydrogens (tertiary/aromatic N) is 1. The number of carboxylic acids is 1. The minimum absolute atomic E-state index is 0.138. The van der Waals surface area contributed by atoms with Crippen molar-refractivity contribution in [1.82, 2.24) is 0 Å². The first kappa shape index (κ1) is 84.7. The Kier molecular flexibility index (Phi) is 66.2. The van der Waals surface area contributed by atoms with Crippen LogP contribution in [0.5, 0.6) is 0 Å². The largest absolute Gasteiger partial charge is 0.545 e. The molecule has 0 rings (SSSR count). The second kappa shape index (κ2) is 69.6. The number of allylic oxidation sites excluding steroid dienone is 20. The zero-order valence-corrected chi connectivity index (χ0v) is 58.3. The Morgan fingerprint density at radius 2 is 0.640 bits per heavy atom. The summed E-state index contributed by atoms with van der Waals surface area (Å²) in [6, 6.07) is 0. The van der Waals surface area contributed by atoms with E-state index in [0.29, 0.717) is 17.4 Å². The summed E-state index contributed by atoms with van der Waals surface area (Å²) in [5.41, 5.74) is 0. The van der Waals surface area contributed by atoms with E-state index in [4.69, 9.17) is 18.9 Å². The van der Waals surface area contributed by atoms with E-state index in [1.165, 1.54) is 167 Å². The van der Waals surface area contributed by atoms with Gasteiger partial charge in [-0.25, -0.2) is 0 Å². The van der Waals surface area contributed by atoms with Crippen molar-refractivity contribution >= 4 is 17.9 Å². The van der Waals surface area contributed by atoms with Crippen LogP contribution in [0.25, 0.3) is 0 Å². The number of carbonyl (C=O) groups is 3. The zero-order valence-electron chi connectivity index (χ0n) is 58.3. The molecule has 0 bridgehead atoms. The third-order valence-electron chi connectivity index (χ3n) is 15.7. The van der Waals surface area contributed by atoms with Crippen molar-refractivity contribution in [3.05, 3.63) is 122 Å². The lowest BCUT2D eigenvalue weighted by molar-refractivity contribution is -0.870. The fourth-order valence-corrected chi connectivity index (χ4v) is 10.2. The molecule has 9 nitrogen and oxygen atoms in total. The molecule has 0 heterocycles. The minimum Gasteiger partial charge on any atom is -0.545 e. The smallest absolute Gasteiger partial charge is 0.306 e. The number of carbonyl (C=O) groups excluding carboxylic acids is 3. The number of carboxylic acid groups (broad SMARTS) is 1. The van der Waals surface area contributed by atoms with E-state index in [-0.39, 0.29) is 38.6 Å². The molecule has 0 saturated carbocycles. The molecule has 0 aromatic heterocycles. The van der Waals surface area contributed by atoms with E-state index in [1.54, 1.807) is 0 Å².